The summed E-state index contributed by atoms with van der Waals surface area (Å²) in [4.78, 5) is 29.4. The Morgan fingerprint density at radius 3 is 2.48 bits per heavy atom. The van der Waals surface area contributed by atoms with Crippen LogP contribution in [0.1, 0.15) is 67.2 Å². The number of fused-ring (bicyclic) bond motifs is 1. The summed E-state index contributed by atoms with van der Waals surface area (Å²) in [6.07, 6.45) is 0. The fourth-order valence-electron chi connectivity index (χ4n) is 2.51. The molecule has 0 saturated carbocycles. The SMILES string of the molecule is CC(C)c1nn2c(=O)cc(COC(=O)c3ccc(C(C)(C)C)cc3)nc2s1. The molecule has 0 spiro atoms. The highest BCUT2D eigenvalue weighted by Gasteiger charge is 2.16. The number of nitrogens with zero attached hydrogens (tertiary/aromatic N) is 3. The van der Waals surface area contributed by atoms with Crippen molar-refractivity contribution in [2.24, 2.45) is 0 Å². The molecule has 0 atom stereocenters. The van der Waals surface area contributed by atoms with Crippen molar-refractivity contribution in [3.63, 3.8) is 0 Å². The minimum atomic E-state index is -0.440. The molecule has 6 nitrogen and oxygen atoms in total. The van der Waals surface area contributed by atoms with Gasteiger partial charge in [-0.2, -0.15) is 9.61 Å². The van der Waals surface area contributed by atoms with Gasteiger partial charge in [-0.1, -0.05) is 58.1 Å². The average Bonchev–Trinajstić information content (AvgIpc) is 3.04. The van der Waals surface area contributed by atoms with E-state index in [9.17, 15) is 9.59 Å². The van der Waals surface area contributed by atoms with Crippen molar-refractivity contribution in [3.05, 3.63) is 62.5 Å². The molecule has 0 fully saturated rings. The van der Waals surface area contributed by atoms with Gasteiger partial charge < -0.3 is 4.74 Å². The van der Waals surface area contributed by atoms with E-state index in [2.05, 4.69) is 30.9 Å². The van der Waals surface area contributed by atoms with E-state index in [4.69, 9.17) is 4.74 Å². The first-order chi connectivity index (χ1) is 12.6. The molecule has 0 N–H and O–H groups in total. The second-order valence-corrected chi connectivity index (χ2v) is 8.77. The number of rotatable bonds is 4. The van der Waals surface area contributed by atoms with Gasteiger partial charge in [0.25, 0.3) is 5.56 Å². The normalized spacial score (nSPS) is 11.9. The Kier molecular flexibility index (Phi) is 5.15. The van der Waals surface area contributed by atoms with Crippen molar-refractivity contribution >= 4 is 22.3 Å². The van der Waals surface area contributed by atoms with E-state index in [1.54, 1.807) is 12.1 Å². The third kappa shape index (κ3) is 4.24. The van der Waals surface area contributed by atoms with Crippen LogP contribution in [0, 0.1) is 0 Å². The van der Waals surface area contributed by atoms with E-state index in [1.165, 1.54) is 21.9 Å². The van der Waals surface area contributed by atoms with Crippen LogP contribution in [0.5, 0.6) is 0 Å². The van der Waals surface area contributed by atoms with Gasteiger partial charge in [0, 0.05) is 12.0 Å². The Balaban J connectivity index is 1.74. The molecule has 0 aliphatic carbocycles. The molecular weight excluding hydrogens is 362 g/mol. The van der Waals surface area contributed by atoms with Crippen molar-refractivity contribution in [1.29, 1.82) is 0 Å². The van der Waals surface area contributed by atoms with Gasteiger partial charge in [0.15, 0.2) is 0 Å². The predicted molar refractivity (Wildman–Crippen MR) is 105 cm³/mol. The smallest absolute Gasteiger partial charge is 0.338 e. The molecular formula is C20H23N3O3S. The van der Waals surface area contributed by atoms with Crippen molar-refractivity contribution in [1.82, 2.24) is 14.6 Å². The molecule has 2 aromatic heterocycles. The molecule has 3 aromatic rings. The lowest BCUT2D eigenvalue weighted by Crippen LogP contribution is -2.17. The molecule has 2 heterocycles. The molecule has 142 valence electrons. The number of ether oxygens (including phenoxy) is 1. The Hall–Kier alpha value is -2.54. The van der Waals surface area contributed by atoms with Crippen molar-refractivity contribution in [3.8, 4) is 0 Å². The summed E-state index contributed by atoms with van der Waals surface area (Å²) in [6, 6.07) is 8.72. The topological polar surface area (TPSA) is 73.6 Å². The average molecular weight is 385 g/mol. The Bertz CT molecular complexity index is 1030. The second kappa shape index (κ2) is 7.23. The summed E-state index contributed by atoms with van der Waals surface area (Å²) < 4.78 is 6.62. The van der Waals surface area contributed by atoms with Crippen LogP contribution in [-0.2, 0) is 16.8 Å². The summed E-state index contributed by atoms with van der Waals surface area (Å²) in [6.45, 7) is 10.3. The van der Waals surface area contributed by atoms with Crippen LogP contribution >= 0.6 is 11.3 Å². The Morgan fingerprint density at radius 1 is 1.22 bits per heavy atom. The number of aromatic nitrogens is 3. The number of carbonyl (C=O) groups is 1. The maximum Gasteiger partial charge on any atom is 0.338 e. The molecule has 0 radical (unpaired) electrons. The summed E-state index contributed by atoms with van der Waals surface area (Å²) in [5.41, 5.74) is 1.78. The molecule has 0 unspecified atom stereocenters. The first kappa shape index (κ1) is 19.2. The molecule has 0 aliphatic heterocycles. The van der Waals surface area contributed by atoms with Gasteiger partial charge in [-0.25, -0.2) is 9.78 Å². The fraction of sp³-hybridized carbons (Fsp3) is 0.400. The van der Waals surface area contributed by atoms with Gasteiger partial charge >= 0.3 is 5.97 Å². The summed E-state index contributed by atoms with van der Waals surface area (Å²) in [5.74, 6) is -0.224. The quantitative estimate of drug-likeness (QED) is 0.636. The zero-order chi connectivity index (χ0) is 19.8. The zero-order valence-corrected chi connectivity index (χ0v) is 17.0. The Morgan fingerprint density at radius 2 is 1.89 bits per heavy atom. The van der Waals surface area contributed by atoms with E-state index >= 15 is 0 Å². The number of hydrogen-bond donors (Lipinski definition) is 0. The van der Waals surface area contributed by atoms with Crippen LogP contribution in [0.4, 0.5) is 0 Å². The van der Waals surface area contributed by atoms with Crippen LogP contribution in [0.3, 0.4) is 0 Å². The lowest BCUT2D eigenvalue weighted by molar-refractivity contribution is 0.0467. The molecule has 0 saturated heterocycles. The number of esters is 1. The minimum absolute atomic E-state index is 0.0214. The van der Waals surface area contributed by atoms with Gasteiger partial charge in [-0.15, -0.1) is 0 Å². The fourth-order valence-corrected chi connectivity index (χ4v) is 3.43. The van der Waals surface area contributed by atoms with Crippen molar-refractivity contribution < 1.29 is 9.53 Å². The highest BCUT2D eigenvalue weighted by molar-refractivity contribution is 7.16. The molecule has 0 aliphatic rings. The lowest BCUT2D eigenvalue weighted by Gasteiger charge is -2.18. The lowest BCUT2D eigenvalue weighted by atomic mass is 9.87. The predicted octanol–water partition coefficient (Wildman–Crippen LogP) is 3.93. The summed E-state index contributed by atoms with van der Waals surface area (Å²) in [5, 5.41) is 5.12. The van der Waals surface area contributed by atoms with Crippen molar-refractivity contribution in [2.75, 3.05) is 0 Å². The highest BCUT2D eigenvalue weighted by Crippen LogP contribution is 2.23. The monoisotopic (exact) mass is 385 g/mol. The van der Waals surface area contributed by atoms with Gasteiger partial charge in [-0.05, 0) is 23.1 Å². The molecule has 27 heavy (non-hydrogen) atoms. The van der Waals surface area contributed by atoms with E-state index in [-0.39, 0.29) is 23.5 Å². The van der Waals surface area contributed by atoms with E-state index < -0.39 is 5.97 Å². The van der Waals surface area contributed by atoms with Crippen LogP contribution in [0.25, 0.3) is 4.96 Å². The largest absolute Gasteiger partial charge is 0.456 e. The van der Waals surface area contributed by atoms with Gasteiger partial charge in [0.1, 0.15) is 11.6 Å². The van der Waals surface area contributed by atoms with Crippen LogP contribution in [-0.4, -0.2) is 20.6 Å². The van der Waals surface area contributed by atoms with Crippen molar-refractivity contribution in [2.45, 2.75) is 52.6 Å². The van der Waals surface area contributed by atoms with Gasteiger partial charge in [0.2, 0.25) is 4.96 Å². The third-order valence-electron chi connectivity index (χ3n) is 4.15. The molecule has 0 bridgehead atoms. The molecule has 1 aromatic carbocycles. The molecule has 7 heteroatoms. The second-order valence-electron chi connectivity index (χ2n) is 7.78. The summed E-state index contributed by atoms with van der Waals surface area (Å²) >= 11 is 1.37. The number of carbonyl (C=O) groups excluding carboxylic acids is 1. The Labute approximate surface area is 161 Å². The van der Waals surface area contributed by atoms with Gasteiger partial charge in [0.05, 0.1) is 11.3 Å². The number of benzene rings is 1. The summed E-state index contributed by atoms with van der Waals surface area (Å²) in [7, 11) is 0. The van der Waals surface area contributed by atoms with E-state index in [0.29, 0.717) is 16.2 Å². The zero-order valence-electron chi connectivity index (χ0n) is 16.1. The molecule has 3 rings (SSSR count). The maximum atomic E-state index is 12.3. The standard InChI is InChI=1S/C20H23N3O3S/c1-12(2)17-22-23-16(24)10-15(21-19(23)27-17)11-26-18(25)13-6-8-14(9-7-13)20(3,4)5/h6-10,12H,11H2,1-5H3. The first-order valence-corrected chi connectivity index (χ1v) is 9.64. The highest BCUT2D eigenvalue weighted by atomic mass is 32.1. The molecule has 0 amide bonds. The van der Waals surface area contributed by atoms with Crippen LogP contribution in [0.15, 0.2) is 35.1 Å². The first-order valence-electron chi connectivity index (χ1n) is 8.82. The van der Waals surface area contributed by atoms with E-state index in [1.807, 2.05) is 26.0 Å². The van der Waals surface area contributed by atoms with E-state index in [0.717, 1.165) is 10.6 Å². The number of hydrogen-bond acceptors (Lipinski definition) is 6. The maximum absolute atomic E-state index is 12.3. The third-order valence-corrected chi connectivity index (χ3v) is 5.35. The van der Waals surface area contributed by atoms with Gasteiger partial charge in [-0.3, -0.25) is 4.79 Å². The minimum Gasteiger partial charge on any atom is -0.456 e. The van der Waals surface area contributed by atoms with Crippen LogP contribution < -0.4 is 5.56 Å². The van der Waals surface area contributed by atoms with Crippen LogP contribution in [0.2, 0.25) is 0 Å².